The Morgan fingerprint density at radius 3 is 2.78 bits per heavy atom. The number of nitrogens with zero attached hydrogens (tertiary/aromatic N) is 2. The first-order valence-corrected chi connectivity index (χ1v) is 9.57. The van der Waals surface area contributed by atoms with Crippen molar-refractivity contribution in [2.75, 3.05) is 11.9 Å². The van der Waals surface area contributed by atoms with Crippen molar-refractivity contribution < 1.29 is 14.3 Å². The normalized spacial score (nSPS) is 10.8. The van der Waals surface area contributed by atoms with Gasteiger partial charge in [0.25, 0.3) is 5.91 Å². The molecule has 0 unspecified atom stereocenters. The van der Waals surface area contributed by atoms with Gasteiger partial charge in [-0.05, 0) is 59.1 Å². The summed E-state index contributed by atoms with van der Waals surface area (Å²) in [6, 6.07) is 10.5. The number of halogens is 1. The fourth-order valence-corrected chi connectivity index (χ4v) is 3.08. The summed E-state index contributed by atoms with van der Waals surface area (Å²) in [5.41, 5.74) is 2.82. The molecule has 3 aromatic rings. The second-order valence-corrected chi connectivity index (χ2v) is 6.92. The van der Waals surface area contributed by atoms with Crippen LogP contribution < -0.4 is 5.32 Å². The van der Waals surface area contributed by atoms with E-state index in [4.69, 9.17) is 4.74 Å². The van der Waals surface area contributed by atoms with E-state index in [9.17, 15) is 9.59 Å². The molecule has 0 bridgehead atoms. The number of nitrogens with one attached hydrogen (secondary N) is 1. The van der Waals surface area contributed by atoms with Gasteiger partial charge in [-0.15, -0.1) is 0 Å². The average Bonchev–Trinajstić information content (AvgIpc) is 3.04. The first-order chi connectivity index (χ1) is 13.0. The molecular weight excluding hydrogens is 410 g/mol. The standard InChI is InChI=1S/C20H20BrN3O3/c1-3-10-27-20(26)13-6-5-7-15(11-13)22-19(25)18-16(4-2)23-17-9-8-14(21)12-24(17)18/h5-9,11-12H,3-4,10H2,1-2H3,(H,22,25). The first-order valence-electron chi connectivity index (χ1n) is 8.78. The van der Waals surface area contributed by atoms with Gasteiger partial charge in [-0.3, -0.25) is 9.20 Å². The molecule has 0 fully saturated rings. The fourth-order valence-electron chi connectivity index (χ4n) is 2.75. The number of hydrogen-bond acceptors (Lipinski definition) is 4. The maximum atomic E-state index is 12.9. The molecule has 6 nitrogen and oxygen atoms in total. The number of rotatable bonds is 6. The Hall–Kier alpha value is -2.67. The number of hydrogen-bond donors (Lipinski definition) is 1. The molecule has 1 amide bonds. The van der Waals surface area contributed by atoms with Crippen LogP contribution in [0.25, 0.3) is 5.65 Å². The summed E-state index contributed by atoms with van der Waals surface area (Å²) in [5, 5.41) is 2.86. The monoisotopic (exact) mass is 429 g/mol. The molecule has 2 aromatic heterocycles. The molecule has 0 spiro atoms. The Morgan fingerprint density at radius 1 is 1.22 bits per heavy atom. The molecule has 0 atom stereocenters. The van der Waals surface area contributed by atoms with Crippen LogP contribution >= 0.6 is 15.9 Å². The van der Waals surface area contributed by atoms with Gasteiger partial charge in [0.15, 0.2) is 0 Å². The van der Waals surface area contributed by atoms with Crippen LogP contribution in [0.1, 0.15) is 46.8 Å². The number of ether oxygens (including phenoxy) is 1. The number of benzene rings is 1. The van der Waals surface area contributed by atoms with Gasteiger partial charge in [-0.25, -0.2) is 9.78 Å². The molecule has 27 heavy (non-hydrogen) atoms. The number of aryl methyl sites for hydroxylation is 1. The third-order valence-electron chi connectivity index (χ3n) is 4.00. The third-order valence-corrected chi connectivity index (χ3v) is 4.47. The molecule has 1 aromatic carbocycles. The zero-order chi connectivity index (χ0) is 19.4. The number of esters is 1. The summed E-state index contributed by atoms with van der Waals surface area (Å²) in [7, 11) is 0. The zero-order valence-electron chi connectivity index (χ0n) is 15.2. The Kier molecular flexibility index (Phi) is 5.91. The lowest BCUT2D eigenvalue weighted by Crippen LogP contribution is -2.17. The Labute approximate surface area is 165 Å². The minimum atomic E-state index is -0.402. The maximum Gasteiger partial charge on any atom is 0.338 e. The number of amides is 1. The second kappa shape index (κ2) is 8.35. The minimum Gasteiger partial charge on any atom is -0.462 e. The highest BCUT2D eigenvalue weighted by Crippen LogP contribution is 2.20. The van der Waals surface area contributed by atoms with Crippen molar-refractivity contribution in [3.63, 3.8) is 0 Å². The number of aromatic nitrogens is 2. The van der Waals surface area contributed by atoms with Crippen LogP contribution in [0.15, 0.2) is 47.1 Å². The van der Waals surface area contributed by atoms with Gasteiger partial charge >= 0.3 is 5.97 Å². The van der Waals surface area contributed by atoms with Gasteiger partial charge in [0.1, 0.15) is 11.3 Å². The lowest BCUT2D eigenvalue weighted by Gasteiger charge is -2.09. The van der Waals surface area contributed by atoms with Gasteiger partial charge in [0.2, 0.25) is 0 Å². The van der Waals surface area contributed by atoms with Crippen molar-refractivity contribution in [2.45, 2.75) is 26.7 Å². The highest BCUT2D eigenvalue weighted by atomic mass is 79.9. The van der Waals surface area contributed by atoms with E-state index in [1.807, 2.05) is 32.2 Å². The van der Waals surface area contributed by atoms with E-state index in [-0.39, 0.29) is 5.91 Å². The van der Waals surface area contributed by atoms with Gasteiger partial charge in [0, 0.05) is 16.4 Å². The molecule has 0 aliphatic carbocycles. The predicted octanol–water partition coefficient (Wildman–Crippen LogP) is 4.48. The largest absolute Gasteiger partial charge is 0.462 e. The summed E-state index contributed by atoms with van der Waals surface area (Å²) in [6.07, 6.45) is 3.20. The second-order valence-electron chi connectivity index (χ2n) is 6.01. The number of pyridine rings is 1. The van der Waals surface area contributed by atoms with E-state index in [1.54, 1.807) is 28.7 Å². The smallest absolute Gasteiger partial charge is 0.338 e. The zero-order valence-corrected chi connectivity index (χ0v) is 16.7. The lowest BCUT2D eigenvalue weighted by molar-refractivity contribution is 0.0505. The number of fused-ring (bicyclic) bond motifs is 1. The molecule has 0 radical (unpaired) electrons. The van der Waals surface area contributed by atoms with Crippen LogP contribution in [-0.4, -0.2) is 27.9 Å². The molecule has 0 aliphatic heterocycles. The van der Waals surface area contributed by atoms with E-state index >= 15 is 0 Å². The summed E-state index contributed by atoms with van der Waals surface area (Å²) in [4.78, 5) is 29.5. The van der Waals surface area contributed by atoms with Crippen molar-refractivity contribution in [3.8, 4) is 0 Å². The summed E-state index contributed by atoms with van der Waals surface area (Å²) >= 11 is 3.43. The van der Waals surface area contributed by atoms with Crippen molar-refractivity contribution in [1.29, 1.82) is 0 Å². The Balaban J connectivity index is 1.89. The topological polar surface area (TPSA) is 72.7 Å². The van der Waals surface area contributed by atoms with Gasteiger partial charge in [-0.2, -0.15) is 0 Å². The summed E-state index contributed by atoms with van der Waals surface area (Å²) < 4.78 is 7.76. The summed E-state index contributed by atoms with van der Waals surface area (Å²) in [5.74, 6) is -0.683. The Morgan fingerprint density at radius 2 is 2.04 bits per heavy atom. The van der Waals surface area contributed by atoms with Crippen LogP contribution in [0.5, 0.6) is 0 Å². The van der Waals surface area contributed by atoms with E-state index < -0.39 is 5.97 Å². The quantitative estimate of drug-likeness (QED) is 0.586. The third kappa shape index (κ3) is 4.19. The molecule has 0 aliphatic rings. The fraction of sp³-hybridized carbons (Fsp3) is 0.250. The highest BCUT2D eigenvalue weighted by Gasteiger charge is 2.19. The molecule has 0 saturated heterocycles. The van der Waals surface area contributed by atoms with E-state index in [2.05, 4.69) is 26.2 Å². The van der Waals surface area contributed by atoms with Crippen molar-refractivity contribution >= 4 is 39.1 Å². The Bertz CT molecular complexity index is 997. The number of imidazole rings is 1. The SMILES string of the molecule is CCCOC(=O)c1cccc(NC(=O)c2c(CC)nc3ccc(Br)cn23)c1. The molecule has 0 saturated carbocycles. The predicted molar refractivity (Wildman–Crippen MR) is 107 cm³/mol. The van der Waals surface area contributed by atoms with Crippen LogP contribution in [0.2, 0.25) is 0 Å². The maximum absolute atomic E-state index is 12.9. The molecule has 3 rings (SSSR count). The minimum absolute atomic E-state index is 0.281. The number of anilines is 1. The molecular formula is C20H20BrN3O3. The molecule has 7 heteroatoms. The summed E-state index contributed by atoms with van der Waals surface area (Å²) in [6.45, 7) is 4.26. The molecule has 1 N–H and O–H groups in total. The van der Waals surface area contributed by atoms with Crippen LogP contribution in [-0.2, 0) is 11.2 Å². The van der Waals surface area contributed by atoms with Crippen molar-refractivity contribution in [1.82, 2.24) is 9.38 Å². The van der Waals surface area contributed by atoms with Gasteiger partial charge in [0.05, 0.1) is 17.9 Å². The average molecular weight is 430 g/mol. The first kappa shape index (κ1) is 19.1. The van der Waals surface area contributed by atoms with Gasteiger partial charge in [-0.1, -0.05) is 19.9 Å². The van der Waals surface area contributed by atoms with Crippen LogP contribution in [0.4, 0.5) is 5.69 Å². The van der Waals surface area contributed by atoms with E-state index in [0.717, 1.165) is 10.9 Å². The molecule has 2 heterocycles. The van der Waals surface area contributed by atoms with Gasteiger partial charge < -0.3 is 10.1 Å². The van der Waals surface area contributed by atoms with Crippen LogP contribution in [0.3, 0.4) is 0 Å². The van der Waals surface area contributed by atoms with Crippen molar-refractivity contribution in [2.24, 2.45) is 0 Å². The number of carbonyl (C=O) groups excluding carboxylic acids is 2. The van der Waals surface area contributed by atoms with E-state index in [0.29, 0.717) is 41.3 Å². The molecule has 140 valence electrons. The number of carbonyl (C=O) groups is 2. The van der Waals surface area contributed by atoms with Crippen molar-refractivity contribution in [3.05, 3.63) is 64.0 Å². The van der Waals surface area contributed by atoms with Crippen LogP contribution in [0, 0.1) is 0 Å². The highest BCUT2D eigenvalue weighted by molar-refractivity contribution is 9.10. The van der Waals surface area contributed by atoms with E-state index in [1.165, 1.54) is 0 Å². The lowest BCUT2D eigenvalue weighted by atomic mass is 10.2.